The fraction of sp³-hybridized carbons (Fsp3) is 0.385. The molecule has 1 aromatic carbocycles. The Bertz CT molecular complexity index is 316. The third-order valence-corrected chi connectivity index (χ3v) is 1.34. The predicted molar refractivity (Wildman–Crippen MR) is 90.1 cm³/mol. The molecule has 0 fully saturated rings. The molecular formula is C13H24N2O2S2. The first-order chi connectivity index (χ1) is 9.02. The molecular weight excluding hydrogens is 280 g/mol. The second kappa shape index (κ2) is 19.0. The van der Waals surface area contributed by atoms with E-state index in [0.717, 1.165) is 5.56 Å². The Kier molecular flexibility index (Phi) is 22.7. The van der Waals surface area contributed by atoms with Crippen molar-refractivity contribution in [3.8, 4) is 0 Å². The smallest absolute Gasteiger partial charge is 0.254 e. The summed E-state index contributed by atoms with van der Waals surface area (Å²) in [4.78, 5) is 0. The number of thiocarbonyl (C=S) groups is 2. The highest BCUT2D eigenvalue weighted by Crippen LogP contribution is 1.99. The summed E-state index contributed by atoms with van der Waals surface area (Å²) in [6, 6.07) is 9.75. The Morgan fingerprint density at radius 1 is 1.05 bits per heavy atom. The van der Waals surface area contributed by atoms with E-state index in [1.54, 1.807) is 0 Å². The van der Waals surface area contributed by atoms with E-state index in [1.165, 1.54) is 0 Å². The van der Waals surface area contributed by atoms with E-state index in [-0.39, 0.29) is 5.17 Å². The van der Waals surface area contributed by atoms with Gasteiger partial charge in [0.2, 0.25) is 0 Å². The summed E-state index contributed by atoms with van der Waals surface area (Å²) in [7, 11) is 0. The van der Waals surface area contributed by atoms with Crippen molar-refractivity contribution in [3.05, 3.63) is 35.9 Å². The van der Waals surface area contributed by atoms with Gasteiger partial charge < -0.3 is 21.3 Å². The molecule has 110 valence electrons. The zero-order chi connectivity index (χ0) is 15.7. The zero-order valence-corrected chi connectivity index (χ0v) is 13.6. The first-order valence-electron chi connectivity index (χ1n) is 5.97. The Labute approximate surface area is 126 Å². The molecule has 0 amide bonds. The molecule has 0 aliphatic rings. The van der Waals surface area contributed by atoms with Crippen LogP contribution in [0.25, 0.3) is 0 Å². The van der Waals surface area contributed by atoms with Crippen molar-refractivity contribution in [2.75, 3.05) is 0 Å². The van der Waals surface area contributed by atoms with Crippen LogP contribution in [0.15, 0.2) is 30.3 Å². The lowest BCUT2D eigenvalue weighted by atomic mass is 10.2. The van der Waals surface area contributed by atoms with Gasteiger partial charge in [0.1, 0.15) is 6.61 Å². The minimum atomic E-state index is -0.500. The van der Waals surface area contributed by atoms with Gasteiger partial charge in [0.05, 0.1) is 0 Å². The molecule has 0 heterocycles. The van der Waals surface area contributed by atoms with Crippen LogP contribution in [0.5, 0.6) is 0 Å². The maximum Gasteiger partial charge on any atom is 0.254 e. The molecule has 1 rings (SSSR count). The van der Waals surface area contributed by atoms with Gasteiger partial charge in [0, 0.05) is 0 Å². The Morgan fingerprint density at radius 2 is 1.42 bits per heavy atom. The fourth-order valence-electron chi connectivity index (χ4n) is 0.729. The first kappa shape index (κ1) is 22.8. The van der Waals surface area contributed by atoms with Crippen LogP contribution in [0, 0.1) is 0 Å². The Balaban J connectivity index is -0.000000271. The van der Waals surface area contributed by atoms with E-state index in [2.05, 4.69) is 30.2 Å². The van der Waals surface area contributed by atoms with Crippen molar-refractivity contribution in [2.24, 2.45) is 11.5 Å². The van der Waals surface area contributed by atoms with E-state index in [9.17, 15) is 0 Å². The number of aliphatic hydroxyl groups excluding tert-OH is 1. The molecule has 5 N–H and O–H groups in total. The van der Waals surface area contributed by atoms with Gasteiger partial charge in [0.25, 0.3) is 10.3 Å². The molecule has 1 aromatic rings. The van der Waals surface area contributed by atoms with Crippen molar-refractivity contribution in [2.45, 2.75) is 34.3 Å². The van der Waals surface area contributed by atoms with Crippen LogP contribution in [-0.4, -0.2) is 15.5 Å². The standard InChI is InChI=1S/C8H9NOS.2C2H6.CH3NOS/c9-8(11)10-6-7-4-2-1-3-5-7;2*1-2;2-1(3)4/h1-5H,6H2,(H2,9,11);2*1-2H3;(H3,2,3,4). The summed E-state index contributed by atoms with van der Waals surface area (Å²) in [6.45, 7) is 8.45. The third kappa shape index (κ3) is 26.3. The molecule has 6 heteroatoms. The molecule has 0 aromatic heterocycles. The molecule has 0 aliphatic carbocycles. The predicted octanol–water partition coefficient (Wildman–Crippen LogP) is 3.29. The largest absolute Gasteiger partial charge is 0.487 e. The molecule has 0 saturated heterocycles. The number of nitrogens with two attached hydrogens (primary N) is 2. The maximum absolute atomic E-state index is 7.56. The highest BCUT2D eigenvalue weighted by Gasteiger charge is 1.91. The lowest BCUT2D eigenvalue weighted by Gasteiger charge is -2.01. The lowest BCUT2D eigenvalue weighted by molar-refractivity contribution is 0.296. The summed E-state index contributed by atoms with van der Waals surface area (Å²) in [6.07, 6.45) is 0. The van der Waals surface area contributed by atoms with Crippen LogP contribution < -0.4 is 11.5 Å². The lowest BCUT2D eigenvalue weighted by Crippen LogP contribution is -2.12. The van der Waals surface area contributed by atoms with Gasteiger partial charge in [0.15, 0.2) is 0 Å². The van der Waals surface area contributed by atoms with Gasteiger partial charge in [-0.25, -0.2) is 0 Å². The van der Waals surface area contributed by atoms with Crippen molar-refractivity contribution in [1.29, 1.82) is 0 Å². The summed E-state index contributed by atoms with van der Waals surface area (Å²) in [5.74, 6) is 0. The minimum absolute atomic E-state index is 0.0915. The zero-order valence-electron chi connectivity index (χ0n) is 11.9. The second-order valence-corrected chi connectivity index (χ2v) is 3.25. The number of ether oxygens (including phenoxy) is 1. The van der Waals surface area contributed by atoms with Crippen molar-refractivity contribution in [3.63, 3.8) is 0 Å². The highest BCUT2D eigenvalue weighted by molar-refractivity contribution is 7.80. The topological polar surface area (TPSA) is 81.5 Å². The molecule has 0 unspecified atom stereocenters. The van der Waals surface area contributed by atoms with Gasteiger partial charge >= 0.3 is 0 Å². The Hall–Kier alpha value is -1.40. The van der Waals surface area contributed by atoms with Crippen LogP contribution in [0.2, 0.25) is 0 Å². The number of aliphatic hydroxyl groups is 1. The summed E-state index contributed by atoms with van der Waals surface area (Å²) in [5, 5.41) is 7.16. The van der Waals surface area contributed by atoms with Crippen LogP contribution >= 0.6 is 24.4 Å². The molecule has 0 aliphatic heterocycles. The van der Waals surface area contributed by atoms with Gasteiger partial charge in [-0.05, 0) is 30.0 Å². The fourth-order valence-corrected chi connectivity index (χ4v) is 0.788. The van der Waals surface area contributed by atoms with E-state index in [1.807, 2.05) is 58.0 Å². The summed E-state index contributed by atoms with van der Waals surface area (Å²) >= 11 is 8.42. The van der Waals surface area contributed by atoms with Gasteiger partial charge in [-0.15, -0.1) is 0 Å². The van der Waals surface area contributed by atoms with E-state index < -0.39 is 5.17 Å². The summed E-state index contributed by atoms with van der Waals surface area (Å²) < 4.78 is 4.94. The number of hydrogen-bond donors (Lipinski definition) is 3. The monoisotopic (exact) mass is 304 g/mol. The van der Waals surface area contributed by atoms with Crippen LogP contribution in [0.3, 0.4) is 0 Å². The first-order valence-corrected chi connectivity index (χ1v) is 6.78. The van der Waals surface area contributed by atoms with Crippen molar-refractivity contribution in [1.82, 2.24) is 0 Å². The number of hydrogen-bond acceptors (Lipinski definition) is 3. The number of benzene rings is 1. The molecule has 0 radical (unpaired) electrons. The normalized spacial score (nSPS) is 7.16. The average Bonchev–Trinajstić information content (AvgIpc) is 2.41. The van der Waals surface area contributed by atoms with E-state index in [4.69, 9.17) is 15.6 Å². The second-order valence-electron chi connectivity index (χ2n) is 2.43. The third-order valence-electron chi connectivity index (χ3n) is 1.22. The molecule has 4 nitrogen and oxygen atoms in total. The minimum Gasteiger partial charge on any atom is -0.487 e. The quantitative estimate of drug-likeness (QED) is 0.727. The average molecular weight is 304 g/mol. The maximum atomic E-state index is 7.56. The van der Waals surface area contributed by atoms with Crippen LogP contribution in [-0.2, 0) is 11.3 Å². The Morgan fingerprint density at radius 3 is 1.74 bits per heavy atom. The summed E-state index contributed by atoms with van der Waals surface area (Å²) in [5.41, 5.74) is 10.6. The molecule has 0 spiro atoms. The van der Waals surface area contributed by atoms with Crippen molar-refractivity contribution < 1.29 is 9.84 Å². The van der Waals surface area contributed by atoms with Gasteiger partial charge in [-0.1, -0.05) is 58.0 Å². The van der Waals surface area contributed by atoms with E-state index >= 15 is 0 Å². The number of rotatable bonds is 2. The van der Waals surface area contributed by atoms with E-state index in [0.29, 0.717) is 6.61 Å². The van der Waals surface area contributed by atoms with Gasteiger partial charge in [-0.2, -0.15) is 0 Å². The molecule has 0 saturated carbocycles. The van der Waals surface area contributed by atoms with Crippen molar-refractivity contribution >= 4 is 34.8 Å². The SMILES string of the molecule is CC.CC.NC(=S)OCc1ccccc1.NC(O)=S. The molecule has 0 bridgehead atoms. The van der Waals surface area contributed by atoms with Crippen LogP contribution in [0.4, 0.5) is 0 Å². The van der Waals surface area contributed by atoms with Gasteiger partial charge in [-0.3, -0.25) is 0 Å². The van der Waals surface area contributed by atoms with Crippen LogP contribution in [0.1, 0.15) is 33.3 Å². The molecule has 19 heavy (non-hydrogen) atoms. The molecule has 0 atom stereocenters. The highest BCUT2D eigenvalue weighted by atomic mass is 32.1.